The van der Waals surface area contributed by atoms with E-state index in [2.05, 4.69) is 32.2 Å². The Labute approximate surface area is 205 Å². The molecule has 0 fully saturated rings. The van der Waals surface area contributed by atoms with Gasteiger partial charge in [0.15, 0.2) is 0 Å². The minimum absolute atomic E-state index is 0.314. The third kappa shape index (κ3) is 4.64. The number of fused-ring (bicyclic) bond motifs is 1. The van der Waals surface area contributed by atoms with Crippen molar-refractivity contribution in [2.45, 2.75) is 6.42 Å². The van der Waals surface area contributed by atoms with Gasteiger partial charge in [-0.25, -0.2) is 4.98 Å². The molecule has 2 aromatic heterocycles. The molecule has 3 N–H and O–H groups in total. The Morgan fingerprint density at radius 2 is 1.82 bits per heavy atom. The number of aromatic nitrogens is 3. The van der Waals surface area contributed by atoms with Gasteiger partial charge in [0.25, 0.3) is 0 Å². The van der Waals surface area contributed by atoms with Crippen LogP contribution in [0, 0.1) is 0 Å². The third-order valence-corrected chi connectivity index (χ3v) is 6.00. The van der Waals surface area contributed by atoms with E-state index in [1.165, 1.54) is 20.3 Å². The summed E-state index contributed by atoms with van der Waals surface area (Å²) in [7, 11) is 3.07. The van der Waals surface area contributed by atoms with Crippen molar-refractivity contribution >= 4 is 57.5 Å². The van der Waals surface area contributed by atoms with Crippen LogP contribution in [0.5, 0.6) is 11.5 Å². The highest BCUT2D eigenvalue weighted by Gasteiger charge is 2.19. The molecule has 0 aliphatic carbocycles. The van der Waals surface area contributed by atoms with Crippen LogP contribution in [0.15, 0.2) is 55.4 Å². The molecule has 8 nitrogen and oxygen atoms in total. The highest BCUT2D eigenvalue weighted by molar-refractivity contribution is 6.38. The Morgan fingerprint density at radius 1 is 1.15 bits per heavy atom. The number of para-hydroxylation sites is 2. The van der Waals surface area contributed by atoms with E-state index in [1.54, 1.807) is 18.3 Å². The first-order chi connectivity index (χ1) is 16.4. The Hall–Kier alpha value is -3.75. The Morgan fingerprint density at radius 3 is 2.47 bits per heavy atom. The minimum atomic E-state index is -0.314. The monoisotopic (exact) mass is 497 g/mol. The van der Waals surface area contributed by atoms with E-state index in [4.69, 9.17) is 32.7 Å². The smallest absolute Gasteiger partial charge is 0.247 e. The lowest BCUT2D eigenvalue weighted by Gasteiger charge is -2.14. The summed E-state index contributed by atoms with van der Waals surface area (Å²) in [5.74, 6) is 0.997. The number of hydrogen-bond donors (Lipinski definition) is 3. The number of methoxy groups -OCH3 is 2. The standard InChI is InChI=1S/C24H21Cl2N5O3/c1-4-20(32)29-16-7-5-6-8-17(16)30-24-28-12-15-13(11-27-23(15)31-24)9-14-21(25)18(33-2)10-19(34-3)22(14)26/h4-8,10-12H,1,9H2,2-3H3,(H,29,32)(H2,27,28,30,31). The SMILES string of the molecule is C=CC(=O)Nc1ccccc1Nc1ncc2c(Cc3c(Cl)c(OC)cc(OC)c3Cl)c[nH]c2n1. The van der Waals surface area contributed by atoms with Gasteiger partial charge in [-0.05, 0) is 23.8 Å². The first-order valence-corrected chi connectivity index (χ1v) is 10.9. The van der Waals surface area contributed by atoms with Crippen molar-refractivity contribution in [3.63, 3.8) is 0 Å². The number of carbonyl (C=O) groups is 1. The van der Waals surface area contributed by atoms with Gasteiger partial charge < -0.3 is 25.1 Å². The maximum absolute atomic E-state index is 11.7. The van der Waals surface area contributed by atoms with E-state index >= 15 is 0 Å². The Bertz CT molecular complexity index is 1360. The van der Waals surface area contributed by atoms with Gasteiger partial charge in [-0.15, -0.1) is 0 Å². The zero-order valence-electron chi connectivity index (χ0n) is 18.4. The summed E-state index contributed by atoms with van der Waals surface area (Å²) in [6.45, 7) is 3.48. The summed E-state index contributed by atoms with van der Waals surface area (Å²) in [4.78, 5) is 23.9. The number of anilines is 3. The van der Waals surface area contributed by atoms with Crippen LogP contribution in [-0.4, -0.2) is 35.1 Å². The molecule has 0 radical (unpaired) electrons. The lowest BCUT2D eigenvalue weighted by Crippen LogP contribution is -2.09. The fraction of sp³-hybridized carbons (Fsp3) is 0.125. The van der Waals surface area contributed by atoms with Crippen molar-refractivity contribution in [3.8, 4) is 11.5 Å². The number of amides is 1. The average Bonchev–Trinajstić information content (AvgIpc) is 3.25. The van der Waals surface area contributed by atoms with Crippen LogP contribution in [0.4, 0.5) is 17.3 Å². The average molecular weight is 498 g/mol. The molecule has 0 saturated carbocycles. The van der Waals surface area contributed by atoms with Crippen LogP contribution in [0.1, 0.15) is 11.1 Å². The molecule has 174 valence electrons. The maximum atomic E-state index is 11.7. The number of hydrogen-bond acceptors (Lipinski definition) is 6. The number of nitrogens with zero attached hydrogens (tertiary/aromatic N) is 2. The van der Waals surface area contributed by atoms with E-state index in [-0.39, 0.29) is 5.91 Å². The molecule has 34 heavy (non-hydrogen) atoms. The van der Waals surface area contributed by atoms with E-state index in [0.717, 1.165) is 10.9 Å². The summed E-state index contributed by atoms with van der Waals surface area (Å²) in [5, 5.41) is 7.53. The Kier molecular flexibility index (Phi) is 6.90. The zero-order valence-corrected chi connectivity index (χ0v) is 19.9. The lowest BCUT2D eigenvalue weighted by atomic mass is 10.0. The number of carbonyl (C=O) groups excluding carboxylic acids is 1. The van der Waals surface area contributed by atoms with Crippen molar-refractivity contribution in [1.29, 1.82) is 0 Å². The molecule has 2 aromatic carbocycles. The molecular weight excluding hydrogens is 477 g/mol. The molecule has 1 amide bonds. The zero-order chi connectivity index (χ0) is 24.2. The highest BCUT2D eigenvalue weighted by Crippen LogP contribution is 2.41. The number of H-pyrrole nitrogens is 1. The lowest BCUT2D eigenvalue weighted by molar-refractivity contribution is -0.111. The fourth-order valence-electron chi connectivity index (χ4n) is 3.45. The second kappa shape index (κ2) is 10.0. The van der Waals surface area contributed by atoms with E-state index < -0.39 is 0 Å². The minimum Gasteiger partial charge on any atom is -0.495 e. The first-order valence-electron chi connectivity index (χ1n) is 10.2. The Balaban J connectivity index is 1.64. The molecule has 0 unspecified atom stereocenters. The van der Waals surface area contributed by atoms with Gasteiger partial charge in [0, 0.05) is 35.8 Å². The predicted molar refractivity (Wildman–Crippen MR) is 135 cm³/mol. The molecule has 0 atom stereocenters. The van der Waals surface area contributed by atoms with Crippen molar-refractivity contribution in [3.05, 3.63) is 76.6 Å². The summed E-state index contributed by atoms with van der Waals surface area (Å²) in [6, 6.07) is 8.89. The van der Waals surface area contributed by atoms with Gasteiger partial charge >= 0.3 is 0 Å². The maximum Gasteiger partial charge on any atom is 0.247 e. The van der Waals surface area contributed by atoms with Crippen molar-refractivity contribution in [2.24, 2.45) is 0 Å². The number of nitrogens with one attached hydrogen (secondary N) is 3. The number of benzene rings is 2. The fourth-order valence-corrected chi connectivity index (χ4v) is 4.09. The largest absolute Gasteiger partial charge is 0.495 e. The quantitative estimate of drug-likeness (QED) is 0.268. The normalized spacial score (nSPS) is 10.7. The molecule has 0 spiro atoms. The van der Waals surface area contributed by atoms with Crippen LogP contribution in [0.2, 0.25) is 10.0 Å². The highest BCUT2D eigenvalue weighted by atomic mass is 35.5. The summed E-state index contributed by atoms with van der Waals surface area (Å²) in [6.07, 6.45) is 5.16. The molecule has 4 rings (SSSR count). The second-order valence-corrected chi connectivity index (χ2v) is 7.95. The van der Waals surface area contributed by atoms with Crippen LogP contribution < -0.4 is 20.1 Å². The first kappa shape index (κ1) is 23.4. The van der Waals surface area contributed by atoms with Gasteiger partial charge in [0.05, 0.1) is 35.6 Å². The van der Waals surface area contributed by atoms with Gasteiger partial charge in [-0.1, -0.05) is 41.9 Å². The van der Waals surface area contributed by atoms with Crippen LogP contribution in [0.3, 0.4) is 0 Å². The van der Waals surface area contributed by atoms with E-state index in [9.17, 15) is 4.79 Å². The number of rotatable bonds is 8. The van der Waals surface area contributed by atoms with Crippen molar-refractivity contribution < 1.29 is 14.3 Å². The molecule has 0 bridgehead atoms. The van der Waals surface area contributed by atoms with Gasteiger partial charge in [-0.3, -0.25) is 4.79 Å². The number of halogens is 2. The molecule has 0 aliphatic rings. The predicted octanol–water partition coefficient (Wildman–Crippen LogP) is 5.74. The van der Waals surface area contributed by atoms with Crippen LogP contribution in [0.25, 0.3) is 11.0 Å². The molecule has 0 aliphatic heterocycles. The number of aromatic amines is 1. The van der Waals surface area contributed by atoms with Gasteiger partial charge in [-0.2, -0.15) is 4.98 Å². The van der Waals surface area contributed by atoms with Crippen LogP contribution >= 0.6 is 23.2 Å². The third-order valence-electron chi connectivity index (χ3n) is 5.17. The van der Waals surface area contributed by atoms with Crippen molar-refractivity contribution in [1.82, 2.24) is 15.0 Å². The van der Waals surface area contributed by atoms with Crippen molar-refractivity contribution in [2.75, 3.05) is 24.9 Å². The molecule has 4 aromatic rings. The van der Waals surface area contributed by atoms with Gasteiger partial charge in [0.2, 0.25) is 11.9 Å². The van der Waals surface area contributed by atoms with Crippen LogP contribution in [-0.2, 0) is 11.2 Å². The summed E-state index contributed by atoms with van der Waals surface area (Å²) >= 11 is 13.1. The summed E-state index contributed by atoms with van der Waals surface area (Å²) in [5.41, 5.74) is 3.43. The van der Waals surface area contributed by atoms with E-state index in [0.29, 0.717) is 56.5 Å². The van der Waals surface area contributed by atoms with Gasteiger partial charge in [0.1, 0.15) is 17.1 Å². The second-order valence-electron chi connectivity index (χ2n) is 7.20. The topological polar surface area (TPSA) is 101 Å². The van der Waals surface area contributed by atoms with E-state index in [1.807, 2.05) is 24.4 Å². The number of ether oxygens (including phenoxy) is 2. The summed E-state index contributed by atoms with van der Waals surface area (Å²) < 4.78 is 10.7. The molecular formula is C24H21Cl2N5O3. The molecule has 0 saturated heterocycles. The molecule has 10 heteroatoms. The molecule has 2 heterocycles.